The third-order valence-electron chi connectivity index (χ3n) is 5.00. The van der Waals surface area contributed by atoms with E-state index in [1.807, 2.05) is 18.5 Å². The summed E-state index contributed by atoms with van der Waals surface area (Å²) in [6, 6.07) is 29.7. The number of hydrogen-bond acceptors (Lipinski definition) is 1. The second-order valence-electron chi connectivity index (χ2n) is 6.61. The van der Waals surface area contributed by atoms with E-state index in [0.29, 0.717) is 0 Å². The van der Waals surface area contributed by atoms with Gasteiger partial charge in [-0.3, -0.25) is 4.98 Å². The average molecular weight is 410 g/mol. The van der Waals surface area contributed by atoms with E-state index in [1.165, 1.54) is 32.7 Å². The van der Waals surface area contributed by atoms with Crippen molar-refractivity contribution in [1.82, 2.24) is 4.98 Å². The fraction of sp³-hybridized carbons (Fsp3) is 0. The molecule has 128 valence electrons. The summed E-state index contributed by atoms with van der Waals surface area (Å²) in [5.74, 6) is 0. The molecule has 1 aromatic heterocycles. The lowest BCUT2D eigenvalue weighted by atomic mass is 9.92. The highest BCUT2D eigenvalue weighted by Crippen LogP contribution is 2.41. The lowest BCUT2D eigenvalue weighted by molar-refractivity contribution is 1.33. The monoisotopic (exact) mass is 409 g/mol. The molecule has 27 heavy (non-hydrogen) atoms. The quantitative estimate of drug-likeness (QED) is 0.275. The predicted octanol–water partition coefficient (Wildman–Crippen LogP) is 7.48. The van der Waals surface area contributed by atoms with Crippen LogP contribution in [-0.2, 0) is 0 Å². The van der Waals surface area contributed by atoms with E-state index in [1.54, 1.807) is 0 Å². The van der Waals surface area contributed by atoms with Gasteiger partial charge in [-0.1, -0.05) is 78.9 Å². The molecule has 0 unspecified atom stereocenters. The number of benzene rings is 4. The fourth-order valence-electron chi connectivity index (χ4n) is 3.75. The summed E-state index contributed by atoms with van der Waals surface area (Å²) < 4.78 is 1.14. The van der Waals surface area contributed by atoms with Crippen molar-refractivity contribution >= 4 is 37.5 Å². The van der Waals surface area contributed by atoms with Crippen LogP contribution in [0.2, 0.25) is 0 Å². The molecule has 0 saturated carbocycles. The molecule has 0 fully saturated rings. The van der Waals surface area contributed by atoms with Crippen molar-refractivity contribution in [3.63, 3.8) is 0 Å². The standard InChI is InChI=1S/C25H16BrN/c26-25-22-12-6-4-10-20(22)24(21-11-5-7-13-23(21)25)19-14-18(15-27-16-19)17-8-2-1-3-9-17/h1-16H. The van der Waals surface area contributed by atoms with Crippen LogP contribution < -0.4 is 0 Å². The Morgan fingerprint density at radius 2 is 1.04 bits per heavy atom. The van der Waals surface area contributed by atoms with Gasteiger partial charge in [-0.05, 0) is 54.7 Å². The Bertz CT molecular complexity index is 1220. The summed E-state index contributed by atoms with van der Waals surface area (Å²) in [6.45, 7) is 0. The lowest BCUT2D eigenvalue weighted by Crippen LogP contribution is -1.89. The molecule has 2 heteroatoms. The van der Waals surface area contributed by atoms with Crippen LogP contribution in [0.1, 0.15) is 0 Å². The van der Waals surface area contributed by atoms with Gasteiger partial charge in [0.05, 0.1) is 0 Å². The minimum atomic E-state index is 1.13. The van der Waals surface area contributed by atoms with Gasteiger partial charge in [0, 0.05) is 28.0 Å². The van der Waals surface area contributed by atoms with Crippen molar-refractivity contribution in [2.24, 2.45) is 0 Å². The van der Waals surface area contributed by atoms with Gasteiger partial charge in [0.1, 0.15) is 0 Å². The molecule has 1 nitrogen and oxygen atoms in total. The summed E-state index contributed by atoms with van der Waals surface area (Å²) in [5.41, 5.74) is 4.67. The van der Waals surface area contributed by atoms with E-state index in [9.17, 15) is 0 Å². The van der Waals surface area contributed by atoms with E-state index < -0.39 is 0 Å². The molecule has 5 aromatic rings. The van der Waals surface area contributed by atoms with Crippen molar-refractivity contribution in [3.05, 3.63) is 102 Å². The van der Waals surface area contributed by atoms with Crippen LogP contribution in [0.5, 0.6) is 0 Å². The van der Waals surface area contributed by atoms with Crippen LogP contribution in [0.15, 0.2) is 102 Å². The lowest BCUT2D eigenvalue weighted by Gasteiger charge is -2.14. The van der Waals surface area contributed by atoms with Crippen LogP contribution >= 0.6 is 15.9 Å². The van der Waals surface area contributed by atoms with E-state index in [-0.39, 0.29) is 0 Å². The minimum absolute atomic E-state index is 1.13. The number of fused-ring (bicyclic) bond motifs is 2. The normalized spacial score (nSPS) is 11.1. The Hall–Kier alpha value is -2.97. The van der Waals surface area contributed by atoms with Crippen molar-refractivity contribution < 1.29 is 0 Å². The van der Waals surface area contributed by atoms with Gasteiger partial charge in [-0.25, -0.2) is 0 Å². The van der Waals surface area contributed by atoms with Gasteiger partial charge in [0.25, 0.3) is 0 Å². The smallest absolute Gasteiger partial charge is 0.0347 e. The molecule has 0 radical (unpaired) electrons. The molecule has 4 aromatic carbocycles. The summed E-state index contributed by atoms with van der Waals surface area (Å²) in [7, 11) is 0. The number of rotatable bonds is 2. The molecule has 0 aliphatic carbocycles. The highest BCUT2D eigenvalue weighted by molar-refractivity contribution is 9.10. The van der Waals surface area contributed by atoms with Gasteiger partial charge in [0.2, 0.25) is 0 Å². The maximum Gasteiger partial charge on any atom is 0.0347 e. The van der Waals surface area contributed by atoms with Crippen molar-refractivity contribution in [2.45, 2.75) is 0 Å². The van der Waals surface area contributed by atoms with Crippen LogP contribution in [-0.4, -0.2) is 4.98 Å². The number of nitrogens with zero attached hydrogens (tertiary/aromatic N) is 1. The van der Waals surface area contributed by atoms with Crippen molar-refractivity contribution in [1.29, 1.82) is 0 Å². The molecule has 0 aliphatic rings. The summed E-state index contributed by atoms with van der Waals surface area (Å²) in [4.78, 5) is 4.56. The number of halogens is 1. The average Bonchev–Trinajstić information content (AvgIpc) is 2.75. The predicted molar refractivity (Wildman–Crippen MR) is 118 cm³/mol. The highest BCUT2D eigenvalue weighted by atomic mass is 79.9. The molecule has 0 N–H and O–H groups in total. The van der Waals surface area contributed by atoms with E-state index in [4.69, 9.17) is 0 Å². The molecule has 0 spiro atoms. The Balaban J connectivity index is 1.86. The zero-order valence-corrected chi connectivity index (χ0v) is 16.1. The zero-order valence-electron chi connectivity index (χ0n) is 14.6. The van der Waals surface area contributed by atoms with E-state index in [0.717, 1.165) is 15.6 Å². The maximum absolute atomic E-state index is 4.56. The Morgan fingerprint density at radius 3 is 1.67 bits per heavy atom. The van der Waals surface area contributed by atoms with Gasteiger partial charge in [0.15, 0.2) is 0 Å². The second kappa shape index (κ2) is 6.64. The number of pyridine rings is 1. The molecule has 1 heterocycles. The molecular formula is C25H16BrN. The molecule has 0 amide bonds. The third-order valence-corrected chi connectivity index (χ3v) is 5.85. The third kappa shape index (κ3) is 2.73. The van der Waals surface area contributed by atoms with Crippen molar-refractivity contribution in [3.8, 4) is 22.3 Å². The Morgan fingerprint density at radius 1 is 0.519 bits per heavy atom. The van der Waals surface area contributed by atoms with E-state index >= 15 is 0 Å². The van der Waals surface area contributed by atoms with Crippen LogP contribution in [0.4, 0.5) is 0 Å². The topological polar surface area (TPSA) is 12.9 Å². The van der Waals surface area contributed by atoms with E-state index in [2.05, 4.69) is 99.8 Å². The molecule has 0 saturated heterocycles. The maximum atomic E-state index is 4.56. The molecular weight excluding hydrogens is 394 g/mol. The molecule has 0 atom stereocenters. The molecule has 0 aliphatic heterocycles. The van der Waals surface area contributed by atoms with Crippen molar-refractivity contribution in [2.75, 3.05) is 0 Å². The van der Waals surface area contributed by atoms with Crippen LogP contribution in [0.3, 0.4) is 0 Å². The van der Waals surface area contributed by atoms with Crippen LogP contribution in [0.25, 0.3) is 43.8 Å². The second-order valence-corrected chi connectivity index (χ2v) is 7.40. The first kappa shape index (κ1) is 16.2. The first-order valence-corrected chi connectivity index (χ1v) is 9.72. The largest absolute Gasteiger partial charge is 0.263 e. The van der Waals surface area contributed by atoms with Gasteiger partial charge in [-0.15, -0.1) is 0 Å². The highest BCUT2D eigenvalue weighted by Gasteiger charge is 2.14. The van der Waals surface area contributed by atoms with Gasteiger partial charge in [-0.2, -0.15) is 0 Å². The first-order chi connectivity index (χ1) is 13.3. The number of hydrogen-bond donors (Lipinski definition) is 0. The minimum Gasteiger partial charge on any atom is -0.263 e. The van der Waals surface area contributed by atoms with Gasteiger partial charge >= 0.3 is 0 Å². The molecule has 5 rings (SSSR count). The van der Waals surface area contributed by atoms with Gasteiger partial charge < -0.3 is 0 Å². The summed E-state index contributed by atoms with van der Waals surface area (Å²) in [5, 5.41) is 4.90. The SMILES string of the molecule is Brc1c2ccccc2c(-c2cncc(-c3ccccc3)c2)c2ccccc12. The zero-order chi connectivity index (χ0) is 18.2. The summed E-state index contributed by atoms with van der Waals surface area (Å²) >= 11 is 3.82. The first-order valence-electron chi connectivity index (χ1n) is 8.93. The van der Waals surface area contributed by atoms with Crippen LogP contribution in [0, 0.1) is 0 Å². The fourth-order valence-corrected chi connectivity index (χ4v) is 4.44. The molecule has 0 bridgehead atoms. The number of aromatic nitrogens is 1. The Kier molecular flexibility index (Phi) is 3.99. The summed E-state index contributed by atoms with van der Waals surface area (Å²) in [6.07, 6.45) is 3.90. The Labute approximate surface area is 166 Å².